The molecule has 1 amide bonds. The van der Waals surface area contributed by atoms with Crippen molar-refractivity contribution in [3.63, 3.8) is 0 Å². The predicted octanol–water partition coefficient (Wildman–Crippen LogP) is 5.05. The van der Waals surface area contributed by atoms with E-state index in [0.29, 0.717) is 9.77 Å². The van der Waals surface area contributed by atoms with Gasteiger partial charge in [-0.1, -0.05) is 45.0 Å². The van der Waals surface area contributed by atoms with E-state index in [0.717, 1.165) is 10.4 Å². The molecule has 0 aliphatic rings. The number of hydrogen-bond donors (Lipinski definition) is 1. The van der Waals surface area contributed by atoms with Crippen molar-refractivity contribution in [2.45, 2.75) is 35.6 Å². The Morgan fingerprint density at radius 2 is 1.64 bits per heavy atom. The first-order chi connectivity index (χ1) is 13.2. The molecule has 148 valence electrons. The van der Waals surface area contributed by atoms with Crippen LogP contribution in [0.2, 0.25) is 0 Å². The van der Waals surface area contributed by atoms with Gasteiger partial charge < -0.3 is 5.32 Å². The highest BCUT2D eigenvalue weighted by molar-refractivity contribution is 7.93. The van der Waals surface area contributed by atoms with Gasteiger partial charge in [0.2, 0.25) is 0 Å². The minimum Gasteiger partial charge on any atom is -0.350 e. The van der Waals surface area contributed by atoms with Gasteiger partial charge in [0.15, 0.2) is 9.84 Å². The molecule has 0 fully saturated rings. The van der Waals surface area contributed by atoms with E-state index in [2.05, 4.69) is 26.1 Å². The molecule has 1 atom stereocenters. The van der Waals surface area contributed by atoms with Gasteiger partial charge in [0, 0.05) is 17.0 Å². The maximum absolute atomic E-state index is 13.1. The highest BCUT2D eigenvalue weighted by Crippen LogP contribution is 2.33. The van der Waals surface area contributed by atoms with E-state index in [4.69, 9.17) is 0 Å². The molecular formula is C21H23NO3S3. The summed E-state index contributed by atoms with van der Waals surface area (Å²) in [5.74, 6) is -0.275. The van der Waals surface area contributed by atoms with Crippen LogP contribution >= 0.6 is 22.7 Å². The van der Waals surface area contributed by atoms with Crippen LogP contribution in [0.25, 0.3) is 0 Å². The van der Waals surface area contributed by atoms with E-state index < -0.39 is 15.1 Å². The Labute approximate surface area is 174 Å². The van der Waals surface area contributed by atoms with Crippen LogP contribution in [-0.2, 0) is 15.3 Å². The van der Waals surface area contributed by atoms with Gasteiger partial charge in [-0.15, -0.1) is 22.7 Å². The lowest BCUT2D eigenvalue weighted by Crippen LogP contribution is -2.31. The molecule has 7 heteroatoms. The summed E-state index contributed by atoms with van der Waals surface area (Å²) in [5, 5.41) is 5.60. The van der Waals surface area contributed by atoms with Gasteiger partial charge in [0.1, 0.15) is 9.46 Å². The van der Waals surface area contributed by atoms with Gasteiger partial charge in [-0.3, -0.25) is 4.79 Å². The molecule has 2 heterocycles. The molecule has 0 unspecified atom stereocenters. The number of amides is 1. The van der Waals surface area contributed by atoms with Crippen molar-refractivity contribution >= 4 is 38.4 Å². The summed E-state index contributed by atoms with van der Waals surface area (Å²) in [6.45, 7) is 6.37. The summed E-state index contributed by atoms with van der Waals surface area (Å²) in [6.07, 6.45) is 0. The minimum absolute atomic E-state index is 0.00799. The SMILES string of the molecule is CC(C)(C)c1ccc(C(=O)NC[C@H](c2cccs2)S(=O)(=O)c2cccs2)cc1. The van der Waals surface area contributed by atoms with Gasteiger partial charge in [-0.05, 0) is 46.0 Å². The quantitative estimate of drug-likeness (QED) is 0.591. The van der Waals surface area contributed by atoms with Crippen molar-refractivity contribution in [2.75, 3.05) is 6.54 Å². The summed E-state index contributed by atoms with van der Waals surface area (Å²) >= 11 is 2.58. The van der Waals surface area contributed by atoms with E-state index in [-0.39, 0.29) is 17.9 Å². The number of benzene rings is 1. The zero-order valence-corrected chi connectivity index (χ0v) is 18.5. The van der Waals surface area contributed by atoms with Crippen molar-refractivity contribution in [1.82, 2.24) is 5.32 Å². The van der Waals surface area contributed by atoms with Crippen molar-refractivity contribution in [1.29, 1.82) is 0 Å². The summed E-state index contributed by atoms with van der Waals surface area (Å²) in [4.78, 5) is 13.3. The average Bonchev–Trinajstić information content (AvgIpc) is 3.35. The van der Waals surface area contributed by atoms with Gasteiger partial charge >= 0.3 is 0 Å². The molecule has 1 aromatic carbocycles. The monoisotopic (exact) mass is 433 g/mol. The number of thiophene rings is 2. The number of hydrogen-bond acceptors (Lipinski definition) is 5. The summed E-state index contributed by atoms with van der Waals surface area (Å²) in [5.41, 5.74) is 1.67. The van der Waals surface area contributed by atoms with E-state index >= 15 is 0 Å². The van der Waals surface area contributed by atoms with Crippen LogP contribution in [0.15, 0.2) is 63.5 Å². The van der Waals surface area contributed by atoms with Gasteiger partial charge in [-0.2, -0.15) is 0 Å². The van der Waals surface area contributed by atoms with Crippen molar-refractivity contribution < 1.29 is 13.2 Å². The molecule has 4 nitrogen and oxygen atoms in total. The molecule has 1 N–H and O–H groups in total. The lowest BCUT2D eigenvalue weighted by Gasteiger charge is -2.19. The summed E-state index contributed by atoms with van der Waals surface area (Å²) in [6, 6.07) is 14.4. The van der Waals surface area contributed by atoms with Crippen molar-refractivity contribution in [3.05, 3.63) is 75.3 Å². The molecule has 0 saturated heterocycles. The summed E-state index contributed by atoms with van der Waals surface area (Å²) in [7, 11) is -3.57. The van der Waals surface area contributed by atoms with Crippen LogP contribution in [0.5, 0.6) is 0 Å². The molecule has 0 saturated carbocycles. The maximum Gasteiger partial charge on any atom is 0.251 e. The maximum atomic E-state index is 13.1. The molecule has 0 spiro atoms. The van der Waals surface area contributed by atoms with Crippen molar-refractivity contribution in [2.24, 2.45) is 0 Å². The molecular weight excluding hydrogens is 410 g/mol. The Balaban J connectivity index is 1.78. The molecule has 0 aliphatic heterocycles. The third kappa shape index (κ3) is 4.54. The first-order valence-electron chi connectivity index (χ1n) is 8.89. The fourth-order valence-electron chi connectivity index (χ4n) is 2.81. The highest BCUT2D eigenvalue weighted by Gasteiger charge is 2.31. The third-order valence-electron chi connectivity index (χ3n) is 4.47. The second-order valence-corrected chi connectivity index (χ2v) is 11.8. The Morgan fingerprint density at radius 3 is 2.18 bits per heavy atom. The Bertz CT molecular complexity index is 1010. The van der Waals surface area contributed by atoms with Crippen LogP contribution in [0.4, 0.5) is 0 Å². The standard InChI is InChI=1S/C21H23NO3S3/c1-21(2,3)16-10-8-15(9-11-16)20(23)22-14-18(17-6-4-12-26-17)28(24,25)19-7-5-13-27-19/h4-13,18H,14H2,1-3H3,(H,22,23)/t18-/m1/s1. The number of rotatable bonds is 6. The largest absolute Gasteiger partial charge is 0.350 e. The highest BCUT2D eigenvalue weighted by atomic mass is 32.2. The second-order valence-electron chi connectivity index (χ2n) is 7.52. The molecule has 28 heavy (non-hydrogen) atoms. The summed E-state index contributed by atoms with van der Waals surface area (Å²) < 4.78 is 26.4. The average molecular weight is 434 g/mol. The Kier molecular flexibility index (Phi) is 6.07. The van der Waals surface area contributed by atoms with E-state index in [9.17, 15) is 13.2 Å². The van der Waals surface area contributed by atoms with Gasteiger partial charge in [-0.25, -0.2) is 8.42 Å². The van der Waals surface area contributed by atoms with Crippen LogP contribution in [0, 0.1) is 0 Å². The third-order valence-corrected chi connectivity index (χ3v) is 9.12. The van der Waals surface area contributed by atoms with E-state index in [1.54, 1.807) is 35.7 Å². The zero-order chi connectivity index (χ0) is 20.4. The normalized spacial score (nSPS) is 13.2. The molecule has 0 aliphatic carbocycles. The first-order valence-corrected chi connectivity index (χ1v) is 12.2. The Hall–Kier alpha value is -1.96. The number of nitrogens with one attached hydrogen (secondary N) is 1. The second kappa shape index (κ2) is 8.19. The van der Waals surface area contributed by atoms with E-state index in [1.165, 1.54) is 22.7 Å². The van der Waals surface area contributed by atoms with Crippen LogP contribution < -0.4 is 5.32 Å². The fraction of sp³-hybridized carbons (Fsp3) is 0.286. The number of carbonyl (C=O) groups excluding carboxylic acids is 1. The number of carbonyl (C=O) groups is 1. The van der Waals surface area contributed by atoms with Crippen molar-refractivity contribution in [3.8, 4) is 0 Å². The molecule has 3 rings (SSSR count). The molecule has 2 aromatic heterocycles. The topological polar surface area (TPSA) is 63.2 Å². The molecule has 0 bridgehead atoms. The Morgan fingerprint density at radius 1 is 1.00 bits per heavy atom. The predicted molar refractivity (Wildman–Crippen MR) is 116 cm³/mol. The smallest absolute Gasteiger partial charge is 0.251 e. The lowest BCUT2D eigenvalue weighted by atomic mass is 9.87. The molecule has 0 radical (unpaired) electrons. The minimum atomic E-state index is -3.57. The lowest BCUT2D eigenvalue weighted by molar-refractivity contribution is 0.0953. The fourth-order valence-corrected chi connectivity index (χ4v) is 6.80. The van der Waals surface area contributed by atoms with Crippen LogP contribution in [-0.4, -0.2) is 20.9 Å². The van der Waals surface area contributed by atoms with Gasteiger partial charge in [0.05, 0.1) is 0 Å². The zero-order valence-electron chi connectivity index (χ0n) is 16.0. The first kappa shape index (κ1) is 20.8. The van der Waals surface area contributed by atoms with Gasteiger partial charge in [0.25, 0.3) is 5.91 Å². The number of sulfone groups is 1. The van der Waals surface area contributed by atoms with Crippen LogP contribution in [0.3, 0.4) is 0 Å². The molecule has 3 aromatic rings. The van der Waals surface area contributed by atoms with Crippen LogP contribution in [0.1, 0.15) is 46.8 Å². The van der Waals surface area contributed by atoms with E-state index in [1.807, 2.05) is 23.6 Å².